The van der Waals surface area contributed by atoms with Crippen LogP contribution in [0, 0.1) is 0 Å². The van der Waals surface area contributed by atoms with Crippen molar-refractivity contribution in [2.45, 2.75) is 124 Å². The zero-order valence-corrected chi connectivity index (χ0v) is 17.2. The zero-order valence-electron chi connectivity index (χ0n) is 17.2. The Morgan fingerprint density at radius 2 is 1.04 bits per heavy atom. The molecule has 0 aromatic rings. The summed E-state index contributed by atoms with van der Waals surface area (Å²) in [6, 6.07) is 0. The molecule has 0 heterocycles. The third kappa shape index (κ3) is 29.4. The van der Waals surface area contributed by atoms with Gasteiger partial charge < -0.3 is 5.11 Å². The minimum Gasteiger partial charge on any atom is -0.481 e. The van der Waals surface area contributed by atoms with E-state index in [2.05, 4.69) is 6.92 Å². The first kappa shape index (κ1) is 25.6. The lowest BCUT2D eigenvalue weighted by Crippen LogP contribution is -2.27. The second kappa shape index (κ2) is 14.7. The van der Waals surface area contributed by atoms with Crippen LogP contribution in [0.4, 0.5) is 0 Å². The van der Waals surface area contributed by atoms with Crippen molar-refractivity contribution in [1.82, 2.24) is 0 Å². The van der Waals surface area contributed by atoms with Gasteiger partial charge in [-0.05, 0) is 48.0 Å². The fourth-order valence-electron chi connectivity index (χ4n) is 1.84. The number of hydrogen-bond acceptors (Lipinski definition) is 3. The molecule has 0 radical (unpaired) electrons. The van der Waals surface area contributed by atoms with E-state index < -0.39 is 5.97 Å². The monoisotopic (exact) mass is 346 g/mol. The van der Waals surface area contributed by atoms with Gasteiger partial charge in [-0.1, -0.05) is 58.3 Å². The molecule has 4 nitrogen and oxygen atoms in total. The number of hydrogen-bond donors (Lipinski definition) is 1. The summed E-state index contributed by atoms with van der Waals surface area (Å²) in [5.74, 6) is -0.659. The second-order valence-corrected chi connectivity index (χ2v) is 8.36. The molecule has 0 aliphatic carbocycles. The lowest BCUT2D eigenvalue weighted by Gasteiger charge is -2.24. The average Bonchev–Trinajstić information content (AvgIpc) is 2.42. The average molecular weight is 347 g/mol. The van der Waals surface area contributed by atoms with Crippen LogP contribution in [0.3, 0.4) is 0 Å². The Bertz CT molecular complexity index is 273. The molecule has 1 N–H and O–H groups in total. The highest BCUT2D eigenvalue weighted by atomic mass is 17.2. The number of aliphatic carboxylic acids is 1. The maximum Gasteiger partial charge on any atom is 0.303 e. The summed E-state index contributed by atoms with van der Waals surface area (Å²) >= 11 is 0. The number of carboxylic acids is 1. The van der Waals surface area contributed by atoms with Crippen molar-refractivity contribution >= 4 is 5.97 Å². The van der Waals surface area contributed by atoms with E-state index in [9.17, 15) is 4.79 Å². The smallest absolute Gasteiger partial charge is 0.303 e. The van der Waals surface area contributed by atoms with Gasteiger partial charge in [-0.3, -0.25) is 4.79 Å². The van der Waals surface area contributed by atoms with Crippen molar-refractivity contribution in [3.05, 3.63) is 0 Å². The van der Waals surface area contributed by atoms with E-state index in [1.54, 1.807) is 0 Å². The molecular weight excluding hydrogens is 304 g/mol. The summed E-state index contributed by atoms with van der Waals surface area (Å²) in [6.45, 7) is 14.0. The van der Waals surface area contributed by atoms with Crippen molar-refractivity contribution in [2.75, 3.05) is 0 Å². The van der Waals surface area contributed by atoms with E-state index in [0.717, 1.165) is 12.8 Å². The molecule has 146 valence electrons. The maximum absolute atomic E-state index is 10.2. The Labute approximate surface area is 150 Å². The first-order valence-corrected chi connectivity index (χ1v) is 9.56. The lowest BCUT2D eigenvalue weighted by molar-refractivity contribution is -0.393. The SMILES string of the molecule is CC(C)(C)OOC(C)(C)C.CCCCCCCCCCCC(=O)O. The molecule has 0 bridgehead atoms. The standard InChI is InChI=1S/C12H24O2.C8H18O2/c1-2-3-4-5-6-7-8-9-10-11-12(13)14;1-7(2,3)9-10-8(4,5)6/h2-11H2,1H3,(H,13,14);1-6H3. The molecule has 0 aliphatic heterocycles. The largest absolute Gasteiger partial charge is 0.481 e. The predicted molar refractivity (Wildman–Crippen MR) is 101 cm³/mol. The van der Waals surface area contributed by atoms with Gasteiger partial charge in [-0.2, -0.15) is 0 Å². The Balaban J connectivity index is 0. The molecular formula is C20H42O4. The second-order valence-electron chi connectivity index (χ2n) is 8.36. The minimum atomic E-state index is -0.659. The number of rotatable bonds is 11. The topological polar surface area (TPSA) is 55.8 Å². The molecule has 0 saturated carbocycles. The van der Waals surface area contributed by atoms with Gasteiger partial charge >= 0.3 is 5.97 Å². The Morgan fingerprint density at radius 1 is 0.708 bits per heavy atom. The fourth-order valence-corrected chi connectivity index (χ4v) is 1.84. The van der Waals surface area contributed by atoms with Gasteiger partial charge in [0.2, 0.25) is 0 Å². The molecule has 0 spiro atoms. The van der Waals surface area contributed by atoms with Gasteiger partial charge in [0, 0.05) is 6.42 Å². The van der Waals surface area contributed by atoms with Gasteiger partial charge in [0.1, 0.15) is 0 Å². The van der Waals surface area contributed by atoms with Crippen LogP contribution in [0.25, 0.3) is 0 Å². The number of carbonyl (C=O) groups is 1. The summed E-state index contributed by atoms with van der Waals surface area (Å²) in [4.78, 5) is 20.4. The van der Waals surface area contributed by atoms with Crippen LogP contribution in [0.15, 0.2) is 0 Å². The molecule has 0 aromatic carbocycles. The predicted octanol–water partition coefficient (Wildman–Crippen LogP) is 6.52. The van der Waals surface area contributed by atoms with E-state index in [4.69, 9.17) is 14.9 Å². The number of carboxylic acid groups (broad SMARTS) is 1. The summed E-state index contributed by atoms with van der Waals surface area (Å²) in [5.41, 5.74) is -0.430. The maximum atomic E-state index is 10.2. The van der Waals surface area contributed by atoms with Crippen LogP contribution in [-0.2, 0) is 14.6 Å². The van der Waals surface area contributed by atoms with Crippen LogP contribution in [0.1, 0.15) is 113 Å². The molecule has 4 heteroatoms. The molecule has 0 amide bonds. The van der Waals surface area contributed by atoms with E-state index in [1.165, 1.54) is 44.9 Å². The summed E-state index contributed by atoms with van der Waals surface area (Å²) < 4.78 is 0. The molecule has 0 fully saturated rings. The first-order chi connectivity index (χ1) is 11.0. The Morgan fingerprint density at radius 3 is 1.33 bits per heavy atom. The highest BCUT2D eigenvalue weighted by molar-refractivity contribution is 5.66. The molecule has 0 aromatic heterocycles. The third-order valence-corrected chi connectivity index (χ3v) is 3.04. The van der Waals surface area contributed by atoms with E-state index in [1.807, 2.05) is 41.5 Å². The summed E-state index contributed by atoms with van der Waals surface area (Å²) in [5, 5.41) is 8.41. The van der Waals surface area contributed by atoms with Gasteiger partial charge in [-0.15, -0.1) is 0 Å². The van der Waals surface area contributed by atoms with Gasteiger partial charge in [0.15, 0.2) is 0 Å². The lowest BCUT2D eigenvalue weighted by atomic mass is 10.1. The van der Waals surface area contributed by atoms with Gasteiger partial charge in [-0.25, -0.2) is 9.78 Å². The first-order valence-electron chi connectivity index (χ1n) is 9.56. The molecule has 0 aliphatic rings. The van der Waals surface area contributed by atoms with Crippen molar-refractivity contribution in [1.29, 1.82) is 0 Å². The van der Waals surface area contributed by atoms with Crippen molar-refractivity contribution in [3.8, 4) is 0 Å². The van der Waals surface area contributed by atoms with E-state index >= 15 is 0 Å². The van der Waals surface area contributed by atoms with Crippen LogP contribution in [-0.4, -0.2) is 22.3 Å². The quantitative estimate of drug-likeness (QED) is 0.263. The minimum absolute atomic E-state index is 0.215. The third-order valence-electron chi connectivity index (χ3n) is 3.04. The van der Waals surface area contributed by atoms with Crippen molar-refractivity contribution < 1.29 is 19.7 Å². The fraction of sp³-hybridized carbons (Fsp3) is 0.950. The van der Waals surface area contributed by atoms with Crippen LogP contribution in [0.2, 0.25) is 0 Å². The van der Waals surface area contributed by atoms with Gasteiger partial charge in [0.25, 0.3) is 0 Å². The molecule has 24 heavy (non-hydrogen) atoms. The summed E-state index contributed by atoms with van der Waals surface area (Å²) in [7, 11) is 0. The van der Waals surface area contributed by atoms with Crippen LogP contribution in [0.5, 0.6) is 0 Å². The van der Waals surface area contributed by atoms with Crippen LogP contribution < -0.4 is 0 Å². The van der Waals surface area contributed by atoms with Crippen molar-refractivity contribution in [3.63, 3.8) is 0 Å². The Kier molecular flexibility index (Phi) is 15.7. The van der Waals surface area contributed by atoms with Gasteiger partial charge in [0.05, 0.1) is 11.2 Å². The molecule has 0 atom stereocenters. The highest BCUT2D eigenvalue weighted by Gasteiger charge is 2.18. The zero-order chi connectivity index (χ0) is 19.1. The normalized spacial score (nSPS) is 11.8. The molecule has 0 saturated heterocycles. The highest BCUT2D eigenvalue weighted by Crippen LogP contribution is 2.14. The van der Waals surface area contributed by atoms with E-state index in [-0.39, 0.29) is 11.2 Å². The molecule has 0 rings (SSSR count). The number of unbranched alkanes of at least 4 members (excludes halogenated alkanes) is 8. The Hall–Kier alpha value is -0.610. The van der Waals surface area contributed by atoms with Crippen molar-refractivity contribution in [2.24, 2.45) is 0 Å². The summed E-state index contributed by atoms with van der Waals surface area (Å²) in [6.07, 6.45) is 11.5. The van der Waals surface area contributed by atoms with E-state index in [0.29, 0.717) is 6.42 Å². The van der Waals surface area contributed by atoms with Crippen LogP contribution >= 0.6 is 0 Å². The molecule has 0 unspecified atom stereocenters.